The average molecular weight is 340 g/mol. The third-order valence-electron chi connectivity index (χ3n) is 4.35. The van der Waals surface area contributed by atoms with E-state index in [0.717, 1.165) is 35.2 Å². The fraction of sp³-hybridized carbons (Fsp3) is 0.136. The molecule has 0 bridgehead atoms. The Balaban J connectivity index is 1.61. The number of hydrogen-bond donors (Lipinski definition) is 1. The highest BCUT2D eigenvalue weighted by atomic mass is 15.0. The highest BCUT2D eigenvalue weighted by Crippen LogP contribution is 2.24. The SMILES string of the molecule is Cc1ccc(CCNc2nc(-c3cccnc3)nc3ccccc23)cc1. The van der Waals surface area contributed by atoms with Gasteiger partial charge >= 0.3 is 0 Å². The number of nitrogens with one attached hydrogen (secondary N) is 1. The second-order valence-electron chi connectivity index (χ2n) is 6.32. The standard InChI is InChI=1S/C22H20N4/c1-16-8-10-17(11-9-16)12-14-24-22-19-6-2-3-7-20(19)25-21(26-22)18-5-4-13-23-15-18/h2-11,13,15H,12,14H2,1H3,(H,24,25,26). The van der Waals surface area contributed by atoms with Crippen molar-refractivity contribution in [2.75, 3.05) is 11.9 Å². The van der Waals surface area contributed by atoms with E-state index in [1.807, 2.05) is 30.3 Å². The lowest BCUT2D eigenvalue weighted by atomic mass is 10.1. The molecular formula is C22H20N4. The smallest absolute Gasteiger partial charge is 0.163 e. The summed E-state index contributed by atoms with van der Waals surface area (Å²) in [6.07, 6.45) is 4.49. The van der Waals surface area contributed by atoms with Crippen LogP contribution in [-0.4, -0.2) is 21.5 Å². The molecule has 0 unspecified atom stereocenters. The molecule has 0 fully saturated rings. The quantitative estimate of drug-likeness (QED) is 0.574. The molecule has 4 nitrogen and oxygen atoms in total. The number of rotatable bonds is 5. The summed E-state index contributed by atoms with van der Waals surface area (Å²) < 4.78 is 0. The maximum Gasteiger partial charge on any atom is 0.163 e. The topological polar surface area (TPSA) is 50.7 Å². The second-order valence-corrected chi connectivity index (χ2v) is 6.32. The molecule has 0 radical (unpaired) electrons. The van der Waals surface area contributed by atoms with Gasteiger partial charge in [-0.2, -0.15) is 0 Å². The van der Waals surface area contributed by atoms with Gasteiger partial charge in [0.25, 0.3) is 0 Å². The summed E-state index contributed by atoms with van der Waals surface area (Å²) in [4.78, 5) is 13.6. The van der Waals surface area contributed by atoms with E-state index in [1.54, 1.807) is 12.4 Å². The van der Waals surface area contributed by atoms with Crippen molar-refractivity contribution in [3.8, 4) is 11.4 Å². The molecule has 4 heteroatoms. The molecule has 26 heavy (non-hydrogen) atoms. The lowest BCUT2D eigenvalue weighted by molar-refractivity contribution is 1.01. The highest BCUT2D eigenvalue weighted by Gasteiger charge is 2.09. The lowest BCUT2D eigenvalue weighted by Gasteiger charge is -2.11. The third kappa shape index (κ3) is 3.54. The molecule has 2 aromatic carbocycles. The van der Waals surface area contributed by atoms with Crippen molar-refractivity contribution in [2.45, 2.75) is 13.3 Å². The van der Waals surface area contributed by atoms with Crippen LogP contribution in [0.3, 0.4) is 0 Å². The Morgan fingerprint density at radius 1 is 0.885 bits per heavy atom. The Bertz CT molecular complexity index is 1010. The molecule has 128 valence electrons. The van der Waals surface area contributed by atoms with E-state index in [0.29, 0.717) is 5.82 Å². The molecule has 0 atom stereocenters. The van der Waals surface area contributed by atoms with Crippen LogP contribution in [0.1, 0.15) is 11.1 Å². The fourth-order valence-electron chi connectivity index (χ4n) is 2.92. The number of pyridine rings is 1. The van der Waals surface area contributed by atoms with Gasteiger partial charge in [0.05, 0.1) is 5.52 Å². The van der Waals surface area contributed by atoms with Gasteiger partial charge in [-0.05, 0) is 43.2 Å². The van der Waals surface area contributed by atoms with E-state index >= 15 is 0 Å². The van der Waals surface area contributed by atoms with Crippen molar-refractivity contribution in [1.82, 2.24) is 15.0 Å². The van der Waals surface area contributed by atoms with Crippen LogP contribution in [0.25, 0.3) is 22.3 Å². The molecule has 1 N–H and O–H groups in total. The summed E-state index contributed by atoms with van der Waals surface area (Å²) >= 11 is 0. The first-order chi connectivity index (χ1) is 12.8. The first-order valence-corrected chi connectivity index (χ1v) is 8.76. The molecule has 0 spiro atoms. The second kappa shape index (κ2) is 7.31. The Labute approximate surface area is 153 Å². The number of aromatic nitrogens is 3. The molecule has 0 aliphatic carbocycles. The van der Waals surface area contributed by atoms with Gasteiger partial charge in [-0.1, -0.05) is 42.0 Å². The molecule has 4 rings (SSSR count). The van der Waals surface area contributed by atoms with E-state index in [9.17, 15) is 0 Å². The van der Waals surface area contributed by atoms with Gasteiger partial charge in [-0.25, -0.2) is 9.97 Å². The average Bonchev–Trinajstić information content (AvgIpc) is 2.70. The lowest BCUT2D eigenvalue weighted by Crippen LogP contribution is -2.08. The van der Waals surface area contributed by atoms with Gasteiger partial charge in [-0.15, -0.1) is 0 Å². The minimum atomic E-state index is 0.689. The maximum atomic E-state index is 4.75. The van der Waals surface area contributed by atoms with Crippen molar-refractivity contribution in [2.24, 2.45) is 0 Å². The Morgan fingerprint density at radius 3 is 2.54 bits per heavy atom. The molecule has 0 amide bonds. The zero-order valence-corrected chi connectivity index (χ0v) is 14.7. The van der Waals surface area contributed by atoms with Crippen LogP contribution in [-0.2, 0) is 6.42 Å². The summed E-state index contributed by atoms with van der Waals surface area (Å²) in [7, 11) is 0. The summed E-state index contributed by atoms with van der Waals surface area (Å²) in [6, 6.07) is 20.6. The van der Waals surface area contributed by atoms with Crippen molar-refractivity contribution < 1.29 is 0 Å². The molecule has 0 aliphatic rings. The minimum Gasteiger partial charge on any atom is -0.369 e. The highest BCUT2D eigenvalue weighted by molar-refractivity contribution is 5.90. The number of hydrogen-bond acceptors (Lipinski definition) is 4. The molecule has 0 aliphatic heterocycles. The predicted molar refractivity (Wildman–Crippen MR) is 106 cm³/mol. The van der Waals surface area contributed by atoms with Gasteiger partial charge in [0.2, 0.25) is 0 Å². The van der Waals surface area contributed by atoms with E-state index in [1.165, 1.54) is 11.1 Å². The van der Waals surface area contributed by atoms with Crippen LogP contribution in [0.15, 0.2) is 73.1 Å². The number of para-hydroxylation sites is 1. The zero-order valence-electron chi connectivity index (χ0n) is 14.7. The van der Waals surface area contributed by atoms with Crippen LogP contribution in [0.4, 0.5) is 5.82 Å². The number of anilines is 1. The summed E-state index contributed by atoms with van der Waals surface area (Å²) in [5, 5.41) is 4.52. The van der Waals surface area contributed by atoms with Gasteiger partial charge in [-0.3, -0.25) is 4.98 Å². The van der Waals surface area contributed by atoms with Crippen LogP contribution in [0.5, 0.6) is 0 Å². The number of aryl methyl sites for hydroxylation is 1. The van der Waals surface area contributed by atoms with Gasteiger partial charge in [0.15, 0.2) is 5.82 Å². The van der Waals surface area contributed by atoms with Crippen molar-refractivity contribution in [3.63, 3.8) is 0 Å². The first kappa shape index (κ1) is 16.2. The Morgan fingerprint density at radius 2 is 1.73 bits per heavy atom. The number of fused-ring (bicyclic) bond motifs is 1. The van der Waals surface area contributed by atoms with Crippen molar-refractivity contribution in [1.29, 1.82) is 0 Å². The fourth-order valence-corrected chi connectivity index (χ4v) is 2.92. The van der Waals surface area contributed by atoms with E-state index < -0.39 is 0 Å². The predicted octanol–water partition coefficient (Wildman–Crippen LogP) is 4.65. The van der Waals surface area contributed by atoms with Crippen molar-refractivity contribution in [3.05, 3.63) is 84.2 Å². The maximum absolute atomic E-state index is 4.75. The molecule has 0 saturated carbocycles. The summed E-state index contributed by atoms with van der Waals surface area (Å²) in [6.45, 7) is 2.92. The van der Waals surface area contributed by atoms with E-state index in [4.69, 9.17) is 9.97 Å². The van der Waals surface area contributed by atoms with Gasteiger partial charge in [0.1, 0.15) is 5.82 Å². The Kier molecular flexibility index (Phi) is 4.56. The zero-order chi connectivity index (χ0) is 17.8. The summed E-state index contributed by atoms with van der Waals surface area (Å²) in [5.74, 6) is 1.55. The molecular weight excluding hydrogens is 320 g/mol. The number of benzene rings is 2. The van der Waals surface area contributed by atoms with Crippen molar-refractivity contribution >= 4 is 16.7 Å². The minimum absolute atomic E-state index is 0.689. The monoisotopic (exact) mass is 340 g/mol. The normalized spacial score (nSPS) is 10.8. The van der Waals surface area contributed by atoms with Crippen LogP contribution < -0.4 is 5.32 Å². The van der Waals surface area contributed by atoms with Gasteiger partial charge in [0, 0.05) is 29.9 Å². The Hall–Kier alpha value is -3.27. The van der Waals surface area contributed by atoms with Gasteiger partial charge < -0.3 is 5.32 Å². The largest absolute Gasteiger partial charge is 0.369 e. The van der Waals surface area contributed by atoms with E-state index in [2.05, 4.69) is 47.6 Å². The number of nitrogens with zero attached hydrogens (tertiary/aromatic N) is 3. The molecule has 2 heterocycles. The molecule has 0 saturated heterocycles. The van der Waals surface area contributed by atoms with Crippen LogP contribution in [0.2, 0.25) is 0 Å². The summed E-state index contributed by atoms with van der Waals surface area (Å²) in [5.41, 5.74) is 4.44. The molecule has 2 aromatic heterocycles. The van der Waals surface area contributed by atoms with Crippen LogP contribution in [0, 0.1) is 6.92 Å². The third-order valence-corrected chi connectivity index (χ3v) is 4.35. The molecule has 4 aromatic rings. The van der Waals surface area contributed by atoms with E-state index in [-0.39, 0.29) is 0 Å². The van der Waals surface area contributed by atoms with Crippen LogP contribution >= 0.6 is 0 Å². The first-order valence-electron chi connectivity index (χ1n) is 8.76.